The minimum absolute atomic E-state index is 0.0317. The summed E-state index contributed by atoms with van der Waals surface area (Å²) in [6.45, 7) is 0.210. The molecule has 1 aliphatic rings. The summed E-state index contributed by atoms with van der Waals surface area (Å²) in [6.07, 6.45) is 6.58. The van der Waals surface area contributed by atoms with Crippen LogP contribution in [-0.4, -0.2) is 53.2 Å². The molecule has 44 heavy (non-hydrogen) atoms. The van der Waals surface area contributed by atoms with Crippen molar-refractivity contribution in [2.45, 2.75) is 38.3 Å². The van der Waals surface area contributed by atoms with Crippen LogP contribution in [0.4, 0.5) is 0 Å². The predicted octanol–water partition coefficient (Wildman–Crippen LogP) is 4.08. The maximum absolute atomic E-state index is 13.2. The molecule has 3 aromatic rings. The van der Waals surface area contributed by atoms with Gasteiger partial charge >= 0.3 is 5.97 Å². The molecule has 228 valence electrons. The van der Waals surface area contributed by atoms with Gasteiger partial charge < -0.3 is 14.4 Å². The van der Waals surface area contributed by atoms with Crippen molar-refractivity contribution in [1.82, 2.24) is 15.8 Å². The second-order valence-corrected chi connectivity index (χ2v) is 10.0. The molecule has 0 fully saturated rings. The molecule has 0 spiro atoms. The lowest BCUT2D eigenvalue weighted by atomic mass is 10.1. The molecule has 0 radical (unpaired) electrons. The van der Waals surface area contributed by atoms with Crippen LogP contribution in [0.1, 0.15) is 58.8 Å². The fraction of sp³-hybridized carbons (Fsp3) is 0.242. The van der Waals surface area contributed by atoms with Crippen molar-refractivity contribution in [3.63, 3.8) is 0 Å². The summed E-state index contributed by atoms with van der Waals surface area (Å²) in [5.74, 6) is -1.11. The molecule has 1 atom stereocenters. The number of nitrogens with one attached hydrogen (secondary N) is 2. The highest BCUT2D eigenvalue weighted by Gasteiger charge is 2.24. The maximum Gasteiger partial charge on any atom is 0.306 e. The number of ether oxygens (including phenoxy) is 2. The van der Waals surface area contributed by atoms with Crippen LogP contribution in [0.2, 0.25) is 0 Å². The van der Waals surface area contributed by atoms with Gasteiger partial charge in [-0.25, -0.2) is 10.9 Å². The summed E-state index contributed by atoms with van der Waals surface area (Å²) >= 11 is 0. The van der Waals surface area contributed by atoms with Crippen LogP contribution in [-0.2, 0) is 25.7 Å². The number of benzene rings is 3. The first-order valence-electron chi connectivity index (χ1n) is 14.2. The minimum atomic E-state index is -0.696. The first-order chi connectivity index (χ1) is 21.4. The van der Waals surface area contributed by atoms with Crippen molar-refractivity contribution in [1.29, 1.82) is 0 Å². The molecule has 0 saturated carbocycles. The van der Waals surface area contributed by atoms with E-state index in [9.17, 15) is 19.2 Å². The van der Waals surface area contributed by atoms with Gasteiger partial charge in [0.15, 0.2) is 6.61 Å². The number of amides is 3. The molecule has 1 aliphatic heterocycles. The first kappa shape index (κ1) is 31.6. The topological polar surface area (TPSA) is 147 Å². The number of carbonyl (C=O) groups excluding carboxylic acids is 4. The standard InChI is InChI=1S/C33H34N4O7/c38-30(36-42)23-43-28-18-16-27(17-19-28)33(41)35-34-20-24-12-14-25(15-13-24)21-37-22-29(26-8-4-3-5-9-26)44-32(40)11-7-2-1-6-10-31(37)39/h1-5,8-9,12-20,29,42H,6-7,10-11,21-23H2,(H,35,41)(H,36,38)/b2-1+,34-20+/t29-/m1/s1. The molecule has 0 bridgehead atoms. The number of rotatable bonds is 9. The van der Waals surface area contributed by atoms with Gasteiger partial charge in [-0.05, 0) is 53.8 Å². The van der Waals surface area contributed by atoms with Crippen molar-refractivity contribution in [2.24, 2.45) is 5.10 Å². The summed E-state index contributed by atoms with van der Waals surface area (Å²) in [4.78, 5) is 50.9. The van der Waals surface area contributed by atoms with Crippen LogP contribution in [0.25, 0.3) is 0 Å². The quantitative estimate of drug-likeness (QED) is 0.111. The van der Waals surface area contributed by atoms with E-state index in [2.05, 4.69) is 10.5 Å². The van der Waals surface area contributed by atoms with Gasteiger partial charge in [-0.2, -0.15) is 5.10 Å². The van der Waals surface area contributed by atoms with E-state index in [4.69, 9.17) is 14.7 Å². The summed E-state index contributed by atoms with van der Waals surface area (Å²) < 4.78 is 11.0. The lowest BCUT2D eigenvalue weighted by Crippen LogP contribution is -2.35. The van der Waals surface area contributed by atoms with Crippen LogP contribution in [0.15, 0.2) is 96.1 Å². The molecular weight excluding hydrogens is 564 g/mol. The number of hydrazone groups is 1. The number of nitrogens with zero attached hydrogens (tertiary/aromatic N) is 2. The van der Waals surface area contributed by atoms with Gasteiger partial charge in [-0.3, -0.25) is 24.4 Å². The van der Waals surface area contributed by atoms with Gasteiger partial charge in [-0.15, -0.1) is 0 Å². The Morgan fingerprint density at radius 2 is 1.66 bits per heavy atom. The lowest BCUT2D eigenvalue weighted by Gasteiger charge is -2.28. The monoisotopic (exact) mass is 598 g/mol. The molecule has 4 rings (SSSR count). The normalized spacial score (nSPS) is 16.8. The number of allylic oxidation sites excluding steroid dienone is 2. The largest absolute Gasteiger partial charge is 0.484 e. The van der Waals surface area contributed by atoms with E-state index in [-0.39, 0.29) is 31.4 Å². The van der Waals surface area contributed by atoms with Gasteiger partial charge in [0.05, 0.1) is 12.8 Å². The lowest BCUT2D eigenvalue weighted by molar-refractivity contribution is -0.152. The van der Waals surface area contributed by atoms with Crippen molar-refractivity contribution in [3.05, 3.63) is 113 Å². The Morgan fingerprint density at radius 3 is 2.36 bits per heavy atom. The van der Waals surface area contributed by atoms with E-state index in [1.807, 2.05) is 66.7 Å². The fourth-order valence-corrected chi connectivity index (χ4v) is 4.40. The summed E-state index contributed by atoms with van der Waals surface area (Å²) in [7, 11) is 0. The van der Waals surface area contributed by atoms with E-state index in [0.717, 1.165) is 16.7 Å². The zero-order chi connectivity index (χ0) is 31.1. The van der Waals surface area contributed by atoms with Crippen molar-refractivity contribution >= 4 is 29.9 Å². The zero-order valence-corrected chi connectivity index (χ0v) is 24.1. The molecule has 0 unspecified atom stereocenters. The Morgan fingerprint density at radius 1 is 0.955 bits per heavy atom. The number of hydrogen-bond donors (Lipinski definition) is 3. The van der Waals surface area contributed by atoms with E-state index >= 15 is 0 Å². The third-order valence-electron chi connectivity index (χ3n) is 6.73. The third kappa shape index (κ3) is 9.92. The number of hydrogen-bond acceptors (Lipinski definition) is 8. The molecule has 0 aliphatic carbocycles. The Kier molecular flexibility index (Phi) is 11.8. The van der Waals surface area contributed by atoms with Crippen LogP contribution in [0, 0.1) is 0 Å². The third-order valence-corrected chi connectivity index (χ3v) is 6.73. The molecule has 0 saturated heterocycles. The van der Waals surface area contributed by atoms with Gasteiger partial charge in [0.1, 0.15) is 11.9 Å². The second kappa shape index (κ2) is 16.4. The van der Waals surface area contributed by atoms with Gasteiger partial charge in [0, 0.05) is 24.9 Å². The Balaban J connectivity index is 1.37. The first-order valence-corrected chi connectivity index (χ1v) is 14.2. The highest BCUT2D eigenvalue weighted by molar-refractivity contribution is 5.95. The van der Waals surface area contributed by atoms with Gasteiger partial charge in [0.2, 0.25) is 5.91 Å². The summed E-state index contributed by atoms with van der Waals surface area (Å²) in [5, 5.41) is 12.5. The average molecular weight is 599 g/mol. The smallest absolute Gasteiger partial charge is 0.306 e. The number of carbonyl (C=O) groups is 4. The second-order valence-electron chi connectivity index (χ2n) is 10.0. The molecule has 3 amide bonds. The zero-order valence-electron chi connectivity index (χ0n) is 24.1. The molecule has 11 heteroatoms. The maximum atomic E-state index is 13.2. The average Bonchev–Trinajstić information content (AvgIpc) is 3.05. The molecule has 0 aromatic heterocycles. The van der Waals surface area contributed by atoms with Crippen molar-refractivity contribution in [3.8, 4) is 5.75 Å². The Bertz CT molecular complexity index is 1470. The predicted molar refractivity (Wildman–Crippen MR) is 162 cm³/mol. The van der Waals surface area contributed by atoms with Crippen LogP contribution >= 0.6 is 0 Å². The Hall–Kier alpha value is -5.29. The van der Waals surface area contributed by atoms with E-state index in [1.165, 1.54) is 36.0 Å². The molecule has 11 nitrogen and oxygen atoms in total. The summed E-state index contributed by atoms with van der Waals surface area (Å²) in [6, 6.07) is 22.9. The highest BCUT2D eigenvalue weighted by Crippen LogP contribution is 2.23. The van der Waals surface area contributed by atoms with Gasteiger partial charge in [0.25, 0.3) is 11.8 Å². The van der Waals surface area contributed by atoms with E-state index in [1.54, 1.807) is 4.90 Å². The summed E-state index contributed by atoms with van der Waals surface area (Å²) in [5.41, 5.74) is 6.72. The molecule has 1 heterocycles. The Labute approximate surface area is 255 Å². The molecular formula is C33H34N4O7. The van der Waals surface area contributed by atoms with Crippen LogP contribution < -0.4 is 15.6 Å². The van der Waals surface area contributed by atoms with Crippen LogP contribution in [0.5, 0.6) is 5.75 Å². The fourth-order valence-electron chi connectivity index (χ4n) is 4.40. The molecule has 3 N–H and O–H groups in total. The van der Waals surface area contributed by atoms with Gasteiger partial charge in [-0.1, -0.05) is 66.7 Å². The number of hydroxylamine groups is 1. The SMILES string of the molecule is O=C(COc1ccc(C(=O)N/N=C/c2ccc(CN3C[C@H](c4ccccc4)OC(=O)CC/C=C/CCC3=O)cc2)cc1)NO. The number of cyclic esters (lactones) is 1. The van der Waals surface area contributed by atoms with Crippen molar-refractivity contribution < 1.29 is 33.9 Å². The minimum Gasteiger partial charge on any atom is -0.484 e. The van der Waals surface area contributed by atoms with Crippen molar-refractivity contribution in [2.75, 3.05) is 13.2 Å². The molecule has 3 aromatic carbocycles. The highest BCUT2D eigenvalue weighted by atomic mass is 16.5. The van der Waals surface area contributed by atoms with E-state index in [0.29, 0.717) is 37.1 Å². The number of esters is 1. The van der Waals surface area contributed by atoms with Crippen LogP contribution in [0.3, 0.4) is 0 Å². The van der Waals surface area contributed by atoms with E-state index < -0.39 is 17.9 Å².